The standard InChI is InChI=1S/C23H26ClN3O3/c1-2-16-5-3-4-6-20(16)26-21(28)15-25-22(29)17-11-13-27(14-12-17)23(30)18-7-9-19(24)10-8-18/h3-10,17H,2,11-15H2,1H3,(H,25,29)(H,26,28). The Morgan fingerprint density at radius 2 is 1.70 bits per heavy atom. The van der Waals surface area contributed by atoms with E-state index < -0.39 is 0 Å². The molecule has 1 aliphatic rings. The minimum absolute atomic E-state index is 0.0560. The number of likely N-dealkylation sites (tertiary alicyclic amines) is 1. The first-order valence-electron chi connectivity index (χ1n) is 10.2. The summed E-state index contributed by atoms with van der Waals surface area (Å²) in [4.78, 5) is 39.0. The maximum Gasteiger partial charge on any atom is 0.253 e. The average Bonchev–Trinajstić information content (AvgIpc) is 2.78. The molecule has 3 rings (SSSR count). The molecule has 0 atom stereocenters. The summed E-state index contributed by atoms with van der Waals surface area (Å²) in [6.07, 6.45) is 1.97. The number of carbonyl (C=O) groups excluding carboxylic acids is 3. The van der Waals surface area contributed by atoms with Gasteiger partial charge in [0.15, 0.2) is 0 Å². The Labute approximate surface area is 181 Å². The molecular formula is C23H26ClN3O3. The Balaban J connectivity index is 1.44. The summed E-state index contributed by atoms with van der Waals surface area (Å²) in [5.74, 6) is -0.651. The van der Waals surface area contributed by atoms with Crippen LogP contribution in [0.4, 0.5) is 5.69 Å². The summed E-state index contributed by atoms with van der Waals surface area (Å²) in [6.45, 7) is 2.98. The van der Waals surface area contributed by atoms with Crippen LogP contribution in [0.1, 0.15) is 35.7 Å². The van der Waals surface area contributed by atoms with Crippen molar-refractivity contribution in [2.24, 2.45) is 5.92 Å². The number of amides is 3. The molecule has 0 bridgehead atoms. The van der Waals surface area contributed by atoms with Gasteiger partial charge in [0, 0.05) is 35.3 Å². The van der Waals surface area contributed by atoms with E-state index in [4.69, 9.17) is 11.6 Å². The highest BCUT2D eigenvalue weighted by atomic mass is 35.5. The maximum atomic E-state index is 12.6. The lowest BCUT2D eigenvalue weighted by Crippen LogP contribution is -2.44. The molecule has 1 heterocycles. The van der Waals surface area contributed by atoms with Gasteiger partial charge in [-0.1, -0.05) is 36.7 Å². The van der Waals surface area contributed by atoms with E-state index in [-0.39, 0.29) is 30.2 Å². The van der Waals surface area contributed by atoms with Crippen molar-refractivity contribution >= 4 is 35.0 Å². The van der Waals surface area contributed by atoms with Crippen LogP contribution in [0.5, 0.6) is 0 Å². The van der Waals surface area contributed by atoms with Crippen LogP contribution < -0.4 is 10.6 Å². The lowest BCUT2D eigenvalue weighted by atomic mass is 9.95. The quantitative estimate of drug-likeness (QED) is 0.740. The Morgan fingerprint density at radius 3 is 2.37 bits per heavy atom. The van der Waals surface area contributed by atoms with E-state index in [2.05, 4.69) is 10.6 Å². The number of nitrogens with one attached hydrogen (secondary N) is 2. The summed E-state index contributed by atoms with van der Waals surface area (Å²) in [5, 5.41) is 6.16. The number of aryl methyl sites for hydroxylation is 1. The number of benzene rings is 2. The third-order valence-corrected chi connectivity index (χ3v) is 5.59. The summed E-state index contributed by atoms with van der Waals surface area (Å²) in [6, 6.07) is 14.4. The van der Waals surface area contributed by atoms with E-state index >= 15 is 0 Å². The fourth-order valence-electron chi connectivity index (χ4n) is 3.58. The molecule has 0 radical (unpaired) electrons. The molecule has 1 aliphatic heterocycles. The Hall–Kier alpha value is -2.86. The molecule has 2 aromatic rings. The number of piperidine rings is 1. The molecule has 6 nitrogen and oxygen atoms in total. The smallest absolute Gasteiger partial charge is 0.253 e. The summed E-state index contributed by atoms with van der Waals surface area (Å²) < 4.78 is 0. The predicted octanol–water partition coefficient (Wildman–Crippen LogP) is 3.51. The van der Waals surface area contributed by atoms with Gasteiger partial charge in [-0.3, -0.25) is 14.4 Å². The topological polar surface area (TPSA) is 78.5 Å². The second-order valence-electron chi connectivity index (χ2n) is 7.35. The van der Waals surface area contributed by atoms with Crippen molar-refractivity contribution in [1.29, 1.82) is 0 Å². The number of rotatable bonds is 6. The lowest BCUT2D eigenvalue weighted by molar-refractivity contribution is -0.128. The van der Waals surface area contributed by atoms with Gasteiger partial charge >= 0.3 is 0 Å². The zero-order valence-electron chi connectivity index (χ0n) is 17.0. The van der Waals surface area contributed by atoms with Crippen molar-refractivity contribution in [2.45, 2.75) is 26.2 Å². The molecule has 3 amide bonds. The first-order chi connectivity index (χ1) is 14.5. The summed E-state index contributed by atoms with van der Waals surface area (Å²) in [7, 11) is 0. The lowest BCUT2D eigenvalue weighted by Gasteiger charge is -2.31. The second kappa shape index (κ2) is 10.3. The number of halogens is 1. The number of hydrogen-bond acceptors (Lipinski definition) is 3. The van der Waals surface area contributed by atoms with Gasteiger partial charge in [0.05, 0.1) is 6.54 Å². The number of carbonyl (C=O) groups is 3. The molecule has 0 aliphatic carbocycles. The molecule has 0 unspecified atom stereocenters. The fraction of sp³-hybridized carbons (Fsp3) is 0.348. The van der Waals surface area contributed by atoms with Gasteiger partial charge in [0.25, 0.3) is 5.91 Å². The molecule has 2 aromatic carbocycles. The third kappa shape index (κ3) is 5.60. The average molecular weight is 428 g/mol. The minimum atomic E-state index is -0.250. The maximum absolute atomic E-state index is 12.6. The molecule has 2 N–H and O–H groups in total. The summed E-state index contributed by atoms with van der Waals surface area (Å²) >= 11 is 5.87. The Kier molecular flexibility index (Phi) is 7.46. The van der Waals surface area contributed by atoms with Gasteiger partial charge < -0.3 is 15.5 Å². The zero-order valence-corrected chi connectivity index (χ0v) is 17.7. The number of hydrogen-bond donors (Lipinski definition) is 2. The minimum Gasteiger partial charge on any atom is -0.347 e. The molecule has 0 saturated carbocycles. The van der Waals surface area contributed by atoms with Crippen molar-refractivity contribution in [3.8, 4) is 0 Å². The van der Waals surface area contributed by atoms with Crippen LogP contribution in [0.2, 0.25) is 5.02 Å². The highest BCUT2D eigenvalue weighted by Crippen LogP contribution is 2.20. The van der Waals surface area contributed by atoms with Gasteiger partial charge in [0.1, 0.15) is 0 Å². The van der Waals surface area contributed by atoms with Gasteiger partial charge in [-0.25, -0.2) is 0 Å². The van der Waals surface area contributed by atoms with Crippen LogP contribution in [-0.4, -0.2) is 42.3 Å². The molecule has 0 spiro atoms. The van der Waals surface area contributed by atoms with Crippen LogP contribution in [-0.2, 0) is 16.0 Å². The molecule has 30 heavy (non-hydrogen) atoms. The van der Waals surface area contributed by atoms with Crippen molar-refractivity contribution < 1.29 is 14.4 Å². The summed E-state index contributed by atoms with van der Waals surface area (Å²) in [5.41, 5.74) is 2.41. The van der Waals surface area contributed by atoms with Gasteiger partial charge in [0.2, 0.25) is 11.8 Å². The van der Waals surface area contributed by atoms with Crippen molar-refractivity contribution in [3.05, 3.63) is 64.7 Å². The Bertz CT molecular complexity index is 906. The predicted molar refractivity (Wildman–Crippen MR) is 118 cm³/mol. The number of anilines is 1. The van der Waals surface area contributed by atoms with Crippen LogP contribution in [0, 0.1) is 5.92 Å². The largest absolute Gasteiger partial charge is 0.347 e. The van der Waals surface area contributed by atoms with E-state index in [0.29, 0.717) is 36.5 Å². The molecule has 7 heteroatoms. The molecule has 158 valence electrons. The highest BCUT2D eigenvalue weighted by Gasteiger charge is 2.28. The normalized spacial score (nSPS) is 14.3. The van der Waals surface area contributed by atoms with Crippen molar-refractivity contribution in [2.75, 3.05) is 25.0 Å². The molecule has 0 aromatic heterocycles. The van der Waals surface area contributed by atoms with E-state index in [0.717, 1.165) is 17.7 Å². The van der Waals surface area contributed by atoms with Crippen molar-refractivity contribution in [1.82, 2.24) is 10.2 Å². The fourth-order valence-corrected chi connectivity index (χ4v) is 3.70. The highest BCUT2D eigenvalue weighted by molar-refractivity contribution is 6.30. The van der Waals surface area contributed by atoms with Gasteiger partial charge in [-0.05, 0) is 55.2 Å². The Morgan fingerprint density at radius 1 is 1.03 bits per heavy atom. The molecular weight excluding hydrogens is 402 g/mol. The van der Waals surface area contributed by atoms with Crippen LogP contribution in [0.25, 0.3) is 0 Å². The number of nitrogens with zero attached hydrogens (tertiary/aromatic N) is 1. The zero-order chi connectivity index (χ0) is 21.5. The van der Waals surface area contributed by atoms with E-state index in [9.17, 15) is 14.4 Å². The first kappa shape index (κ1) is 21.8. The molecule has 1 saturated heterocycles. The monoisotopic (exact) mass is 427 g/mol. The van der Waals surface area contributed by atoms with Crippen LogP contribution in [0.3, 0.4) is 0 Å². The third-order valence-electron chi connectivity index (χ3n) is 5.34. The number of para-hydroxylation sites is 1. The SMILES string of the molecule is CCc1ccccc1NC(=O)CNC(=O)C1CCN(C(=O)c2ccc(Cl)cc2)CC1. The van der Waals surface area contributed by atoms with Crippen LogP contribution in [0.15, 0.2) is 48.5 Å². The second-order valence-corrected chi connectivity index (χ2v) is 7.79. The molecule has 1 fully saturated rings. The van der Waals surface area contributed by atoms with E-state index in [1.165, 1.54) is 0 Å². The van der Waals surface area contributed by atoms with E-state index in [1.54, 1.807) is 29.2 Å². The van der Waals surface area contributed by atoms with Gasteiger partial charge in [-0.15, -0.1) is 0 Å². The van der Waals surface area contributed by atoms with Crippen LogP contribution >= 0.6 is 11.6 Å². The van der Waals surface area contributed by atoms with E-state index in [1.807, 2.05) is 31.2 Å². The first-order valence-corrected chi connectivity index (χ1v) is 10.6. The van der Waals surface area contributed by atoms with Crippen molar-refractivity contribution in [3.63, 3.8) is 0 Å². The van der Waals surface area contributed by atoms with Gasteiger partial charge in [-0.2, -0.15) is 0 Å².